The summed E-state index contributed by atoms with van der Waals surface area (Å²) >= 11 is 6.18. The normalized spacial score (nSPS) is 12.0. The van der Waals surface area contributed by atoms with Crippen molar-refractivity contribution in [3.63, 3.8) is 0 Å². The summed E-state index contributed by atoms with van der Waals surface area (Å²) in [6.45, 7) is 8.28. The smallest absolute Gasteiger partial charge is 0.253 e. The van der Waals surface area contributed by atoms with Crippen molar-refractivity contribution in [2.24, 2.45) is 0 Å². The molecule has 1 amide bonds. The second-order valence-corrected chi connectivity index (χ2v) is 10.0. The standard InChI is InChI=1S/C22H29ClN2O4S/c1-15(2)25(5)30(27,28)19-9-10-21(23)20(12-19)22(26)24-13-17-7-6-8-18(11-17)14-29-16(3)4/h6-12,15-16H,13-14H2,1-5H3,(H,24,26). The Bertz CT molecular complexity index is 990. The summed E-state index contributed by atoms with van der Waals surface area (Å²) in [5.41, 5.74) is 2.04. The van der Waals surface area contributed by atoms with Crippen LogP contribution in [0.25, 0.3) is 0 Å². The number of ether oxygens (including phenoxy) is 1. The first-order valence-electron chi connectivity index (χ1n) is 9.77. The van der Waals surface area contributed by atoms with Gasteiger partial charge in [-0.25, -0.2) is 8.42 Å². The molecule has 8 heteroatoms. The van der Waals surface area contributed by atoms with Crippen molar-refractivity contribution < 1.29 is 17.9 Å². The molecule has 30 heavy (non-hydrogen) atoms. The van der Waals surface area contributed by atoms with Crippen molar-refractivity contribution in [1.29, 1.82) is 0 Å². The van der Waals surface area contributed by atoms with Crippen LogP contribution in [0.2, 0.25) is 5.02 Å². The molecule has 0 fully saturated rings. The highest BCUT2D eigenvalue weighted by atomic mass is 35.5. The Morgan fingerprint density at radius 2 is 1.77 bits per heavy atom. The van der Waals surface area contributed by atoms with E-state index in [1.165, 1.54) is 29.6 Å². The van der Waals surface area contributed by atoms with Crippen LogP contribution < -0.4 is 5.32 Å². The molecule has 0 aliphatic rings. The number of amides is 1. The van der Waals surface area contributed by atoms with Gasteiger partial charge in [0.05, 0.1) is 28.2 Å². The van der Waals surface area contributed by atoms with Crippen molar-refractivity contribution in [3.05, 3.63) is 64.2 Å². The van der Waals surface area contributed by atoms with Crippen LogP contribution in [-0.2, 0) is 27.9 Å². The maximum atomic E-state index is 12.7. The first-order valence-corrected chi connectivity index (χ1v) is 11.6. The van der Waals surface area contributed by atoms with E-state index in [-0.39, 0.29) is 34.2 Å². The van der Waals surface area contributed by atoms with E-state index in [1.807, 2.05) is 38.1 Å². The fourth-order valence-corrected chi connectivity index (χ4v) is 4.25. The third-order valence-electron chi connectivity index (χ3n) is 4.61. The molecule has 0 spiro atoms. The van der Waals surface area contributed by atoms with Crippen LogP contribution in [0.1, 0.15) is 49.2 Å². The first kappa shape index (κ1) is 24.3. The van der Waals surface area contributed by atoms with Gasteiger partial charge in [0.1, 0.15) is 0 Å². The molecule has 6 nitrogen and oxygen atoms in total. The minimum atomic E-state index is -3.72. The predicted molar refractivity (Wildman–Crippen MR) is 119 cm³/mol. The zero-order chi connectivity index (χ0) is 22.5. The second kappa shape index (κ2) is 10.4. The van der Waals surface area contributed by atoms with Crippen molar-refractivity contribution in [3.8, 4) is 0 Å². The molecule has 0 unspecified atom stereocenters. The van der Waals surface area contributed by atoms with Gasteiger partial charge in [-0.2, -0.15) is 4.31 Å². The lowest BCUT2D eigenvalue weighted by Gasteiger charge is -2.21. The fourth-order valence-electron chi connectivity index (χ4n) is 2.65. The Morgan fingerprint density at radius 3 is 2.40 bits per heavy atom. The molecule has 0 radical (unpaired) electrons. The van der Waals surface area contributed by atoms with E-state index in [1.54, 1.807) is 13.8 Å². The number of rotatable bonds is 9. The van der Waals surface area contributed by atoms with E-state index in [4.69, 9.17) is 16.3 Å². The van der Waals surface area contributed by atoms with Gasteiger partial charge in [-0.3, -0.25) is 4.79 Å². The number of benzene rings is 2. The minimum absolute atomic E-state index is 0.0288. The largest absolute Gasteiger partial charge is 0.374 e. The van der Waals surface area contributed by atoms with Crippen LogP contribution in [-0.4, -0.2) is 37.8 Å². The molecular formula is C22H29ClN2O4S. The van der Waals surface area contributed by atoms with Crippen molar-refractivity contribution >= 4 is 27.5 Å². The van der Waals surface area contributed by atoms with E-state index >= 15 is 0 Å². The Hall–Kier alpha value is -1.93. The molecule has 2 aromatic carbocycles. The zero-order valence-corrected chi connectivity index (χ0v) is 19.5. The Kier molecular flexibility index (Phi) is 8.43. The lowest BCUT2D eigenvalue weighted by atomic mass is 10.1. The van der Waals surface area contributed by atoms with E-state index in [2.05, 4.69) is 5.32 Å². The van der Waals surface area contributed by atoms with Crippen molar-refractivity contribution in [1.82, 2.24) is 9.62 Å². The van der Waals surface area contributed by atoms with Crippen LogP contribution in [0.3, 0.4) is 0 Å². The molecule has 0 aliphatic carbocycles. The summed E-state index contributed by atoms with van der Waals surface area (Å²) in [6.07, 6.45) is 0.133. The summed E-state index contributed by atoms with van der Waals surface area (Å²) in [5.74, 6) is -0.437. The number of nitrogens with one attached hydrogen (secondary N) is 1. The number of hydrogen-bond acceptors (Lipinski definition) is 4. The number of hydrogen-bond donors (Lipinski definition) is 1. The molecule has 0 bridgehead atoms. The summed E-state index contributed by atoms with van der Waals surface area (Å²) in [5, 5.41) is 3.00. The number of nitrogens with zero attached hydrogens (tertiary/aromatic N) is 1. The topological polar surface area (TPSA) is 75.7 Å². The van der Waals surface area contributed by atoms with Gasteiger partial charge in [0, 0.05) is 19.6 Å². The zero-order valence-electron chi connectivity index (χ0n) is 18.0. The Labute approximate surface area is 184 Å². The van der Waals surface area contributed by atoms with Gasteiger partial charge in [-0.15, -0.1) is 0 Å². The molecule has 0 aliphatic heterocycles. The predicted octanol–water partition coefficient (Wildman–Crippen LogP) is 4.22. The monoisotopic (exact) mass is 452 g/mol. The minimum Gasteiger partial charge on any atom is -0.374 e. The highest BCUT2D eigenvalue weighted by Gasteiger charge is 2.25. The molecule has 0 aromatic heterocycles. The van der Waals surface area contributed by atoms with Gasteiger partial charge in [-0.05, 0) is 57.0 Å². The summed E-state index contributed by atoms with van der Waals surface area (Å²) in [7, 11) is -2.21. The van der Waals surface area contributed by atoms with E-state index in [9.17, 15) is 13.2 Å². The average Bonchev–Trinajstić information content (AvgIpc) is 2.70. The van der Waals surface area contributed by atoms with Crippen LogP contribution in [0.5, 0.6) is 0 Å². The molecule has 0 atom stereocenters. The summed E-state index contributed by atoms with van der Waals surface area (Å²) in [4.78, 5) is 12.7. The Morgan fingerprint density at radius 1 is 1.10 bits per heavy atom. The molecule has 0 saturated carbocycles. The maximum Gasteiger partial charge on any atom is 0.253 e. The first-order chi connectivity index (χ1) is 14.0. The fraction of sp³-hybridized carbons (Fsp3) is 0.409. The van der Waals surface area contributed by atoms with Gasteiger partial charge in [-0.1, -0.05) is 35.9 Å². The molecule has 0 saturated heterocycles. The number of halogens is 1. The molecular weight excluding hydrogens is 424 g/mol. The van der Waals surface area contributed by atoms with Gasteiger partial charge >= 0.3 is 0 Å². The van der Waals surface area contributed by atoms with Crippen LogP contribution in [0.4, 0.5) is 0 Å². The highest BCUT2D eigenvalue weighted by Crippen LogP contribution is 2.23. The molecule has 164 valence electrons. The number of carbonyl (C=O) groups excluding carboxylic acids is 1. The third-order valence-corrected chi connectivity index (χ3v) is 6.97. The quantitative estimate of drug-likeness (QED) is 0.617. The summed E-state index contributed by atoms with van der Waals surface area (Å²) < 4.78 is 32.3. The third kappa shape index (κ3) is 6.28. The number of sulfonamides is 1. The molecule has 2 rings (SSSR count). The van der Waals surface area contributed by atoms with Crippen LogP contribution >= 0.6 is 11.6 Å². The van der Waals surface area contributed by atoms with Gasteiger partial charge in [0.15, 0.2) is 0 Å². The lowest BCUT2D eigenvalue weighted by Crippen LogP contribution is -2.33. The van der Waals surface area contributed by atoms with Crippen molar-refractivity contribution in [2.75, 3.05) is 7.05 Å². The van der Waals surface area contributed by atoms with Crippen molar-refractivity contribution in [2.45, 2.75) is 57.9 Å². The van der Waals surface area contributed by atoms with Gasteiger partial charge < -0.3 is 10.1 Å². The van der Waals surface area contributed by atoms with Crippen LogP contribution in [0, 0.1) is 0 Å². The molecule has 2 aromatic rings. The highest BCUT2D eigenvalue weighted by molar-refractivity contribution is 7.89. The maximum absolute atomic E-state index is 12.7. The molecule has 1 N–H and O–H groups in total. The van der Waals surface area contributed by atoms with E-state index in [0.717, 1.165) is 11.1 Å². The summed E-state index contributed by atoms with van der Waals surface area (Å²) in [6, 6.07) is 11.7. The lowest BCUT2D eigenvalue weighted by molar-refractivity contribution is 0.0657. The van der Waals surface area contributed by atoms with Gasteiger partial charge in [0.25, 0.3) is 5.91 Å². The number of carbonyl (C=O) groups is 1. The van der Waals surface area contributed by atoms with Gasteiger partial charge in [0.2, 0.25) is 10.0 Å². The molecule has 0 heterocycles. The SMILES string of the molecule is CC(C)OCc1cccc(CNC(=O)c2cc(S(=O)(=O)N(C)C(C)C)ccc2Cl)c1. The van der Waals surface area contributed by atoms with Crippen LogP contribution in [0.15, 0.2) is 47.4 Å². The Balaban J connectivity index is 2.15. The van der Waals surface area contributed by atoms with E-state index < -0.39 is 15.9 Å². The average molecular weight is 453 g/mol. The second-order valence-electron chi connectivity index (χ2n) is 7.62. The van der Waals surface area contributed by atoms with E-state index in [0.29, 0.717) is 6.61 Å².